The van der Waals surface area contributed by atoms with E-state index < -0.39 is 0 Å². The lowest BCUT2D eigenvalue weighted by Gasteiger charge is -2.24. The normalized spacial score (nSPS) is 12.7. The zero-order chi connectivity index (χ0) is 15.8. The largest absolute Gasteiger partial charge is 0.385 e. The highest BCUT2D eigenvalue weighted by molar-refractivity contribution is 5.95. The van der Waals surface area contributed by atoms with Crippen LogP contribution in [0.2, 0.25) is 0 Å². The Morgan fingerprint density at radius 1 is 1.29 bits per heavy atom. The van der Waals surface area contributed by atoms with E-state index in [2.05, 4.69) is 25.2 Å². The third-order valence-electron chi connectivity index (χ3n) is 3.74. The number of benzene rings is 1. The molecule has 1 aromatic carbocycles. The van der Waals surface area contributed by atoms with Crippen molar-refractivity contribution in [3.05, 3.63) is 29.8 Å². The predicted octanol–water partition coefficient (Wildman–Crippen LogP) is 3.11. The first-order valence-electron chi connectivity index (χ1n) is 7.56. The highest BCUT2D eigenvalue weighted by atomic mass is 16.5. The Morgan fingerprint density at radius 2 is 1.95 bits per heavy atom. The van der Waals surface area contributed by atoms with Crippen LogP contribution in [0.1, 0.15) is 38.7 Å². The van der Waals surface area contributed by atoms with Crippen molar-refractivity contribution in [1.82, 2.24) is 4.90 Å². The first kappa shape index (κ1) is 17.7. The fraction of sp³-hybridized carbons (Fsp3) is 0.588. The van der Waals surface area contributed by atoms with Crippen LogP contribution in [0.5, 0.6) is 0 Å². The molecule has 0 aliphatic rings. The van der Waals surface area contributed by atoms with Gasteiger partial charge in [0.25, 0.3) is 0 Å². The zero-order valence-corrected chi connectivity index (χ0v) is 13.8. The topological polar surface area (TPSA) is 41.6 Å². The van der Waals surface area contributed by atoms with Gasteiger partial charge in [0.15, 0.2) is 0 Å². The van der Waals surface area contributed by atoms with Crippen LogP contribution in [0.3, 0.4) is 0 Å². The molecule has 118 valence electrons. The summed E-state index contributed by atoms with van der Waals surface area (Å²) < 4.78 is 5.04. The number of ether oxygens (including phenoxy) is 1. The number of carbonyl (C=O) groups is 1. The molecule has 1 unspecified atom stereocenters. The van der Waals surface area contributed by atoms with Gasteiger partial charge in [0, 0.05) is 25.9 Å². The van der Waals surface area contributed by atoms with Gasteiger partial charge in [0.2, 0.25) is 5.91 Å². The standard InChI is InChI=1S/C17H28N2O2/c1-13(2)15-9-6-7-10-16(15)18-17(20)14(3)19(4)11-8-12-21-5/h6-7,9-10,13-14H,8,11-12H2,1-5H3,(H,18,20). The Kier molecular flexibility index (Phi) is 7.40. The molecule has 0 saturated carbocycles. The van der Waals surface area contributed by atoms with Crippen molar-refractivity contribution in [2.24, 2.45) is 0 Å². The highest BCUT2D eigenvalue weighted by Gasteiger charge is 2.19. The minimum Gasteiger partial charge on any atom is -0.385 e. The number of para-hydroxylation sites is 1. The number of anilines is 1. The monoisotopic (exact) mass is 292 g/mol. The van der Waals surface area contributed by atoms with E-state index >= 15 is 0 Å². The number of methoxy groups -OCH3 is 1. The fourth-order valence-electron chi connectivity index (χ4n) is 2.20. The molecule has 1 N–H and O–H groups in total. The second-order valence-corrected chi connectivity index (χ2v) is 5.73. The van der Waals surface area contributed by atoms with E-state index in [0.717, 1.165) is 25.3 Å². The van der Waals surface area contributed by atoms with E-state index in [0.29, 0.717) is 5.92 Å². The molecule has 1 amide bonds. The average Bonchev–Trinajstić information content (AvgIpc) is 2.46. The van der Waals surface area contributed by atoms with Gasteiger partial charge in [-0.1, -0.05) is 32.0 Å². The summed E-state index contributed by atoms with van der Waals surface area (Å²) in [6.07, 6.45) is 0.924. The second kappa shape index (κ2) is 8.80. The summed E-state index contributed by atoms with van der Waals surface area (Å²) in [5.74, 6) is 0.416. The molecule has 21 heavy (non-hydrogen) atoms. The van der Waals surface area contributed by atoms with E-state index in [-0.39, 0.29) is 11.9 Å². The highest BCUT2D eigenvalue weighted by Crippen LogP contribution is 2.23. The van der Waals surface area contributed by atoms with E-state index in [1.807, 2.05) is 37.1 Å². The molecule has 0 aliphatic heterocycles. The lowest BCUT2D eigenvalue weighted by Crippen LogP contribution is -2.40. The molecule has 0 radical (unpaired) electrons. The van der Waals surface area contributed by atoms with Crippen molar-refractivity contribution in [3.63, 3.8) is 0 Å². The molecule has 0 saturated heterocycles. The summed E-state index contributed by atoms with van der Waals surface area (Å²) in [5.41, 5.74) is 2.08. The predicted molar refractivity (Wildman–Crippen MR) is 87.7 cm³/mol. The van der Waals surface area contributed by atoms with Crippen LogP contribution < -0.4 is 5.32 Å². The summed E-state index contributed by atoms with van der Waals surface area (Å²) in [4.78, 5) is 14.4. The van der Waals surface area contributed by atoms with Gasteiger partial charge in [0.1, 0.15) is 0 Å². The van der Waals surface area contributed by atoms with Crippen molar-refractivity contribution < 1.29 is 9.53 Å². The number of likely N-dealkylation sites (N-methyl/N-ethyl adjacent to an activating group) is 1. The smallest absolute Gasteiger partial charge is 0.241 e. The number of rotatable bonds is 8. The molecular formula is C17H28N2O2. The van der Waals surface area contributed by atoms with Gasteiger partial charge in [-0.15, -0.1) is 0 Å². The molecule has 0 aromatic heterocycles. The molecule has 1 aromatic rings. The number of nitrogens with zero attached hydrogens (tertiary/aromatic N) is 1. The van der Waals surface area contributed by atoms with Gasteiger partial charge >= 0.3 is 0 Å². The third-order valence-corrected chi connectivity index (χ3v) is 3.74. The molecule has 0 fully saturated rings. The van der Waals surface area contributed by atoms with Gasteiger partial charge in [-0.2, -0.15) is 0 Å². The maximum Gasteiger partial charge on any atom is 0.241 e. The molecular weight excluding hydrogens is 264 g/mol. The van der Waals surface area contributed by atoms with E-state index in [9.17, 15) is 4.79 Å². The van der Waals surface area contributed by atoms with Crippen molar-refractivity contribution >= 4 is 11.6 Å². The van der Waals surface area contributed by atoms with Crippen molar-refractivity contribution in [2.45, 2.75) is 39.2 Å². The van der Waals surface area contributed by atoms with Crippen LogP contribution in [0, 0.1) is 0 Å². The van der Waals surface area contributed by atoms with Gasteiger partial charge < -0.3 is 10.1 Å². The van der Waals surface area contributed by atoms with Gasteiger partial charge in [-0.3, -0.25) is 9.69 Å². The molecule has 1 rings (SSSR count). The summed E-state index contributed by atoms with van der Waals surface area (Å²) in [6, 6.07) is 7.82. The van der Waals surface area contributed by atoms with Gasteiger partial charge in [-0.05, 0) is 37.9 Å². The van der Waals surface area contributed by atoms with E-state index in [4.69, 9.17) is 4.74 Å². The number of nitrogens with one attached hydrogen (secondary N) is 1. The molecule has 0 spiro atoms. The maximum absolute atomic E-state index is 12.4. The van der Waals surface area contributed by atoms with E-state index in [1.54, 1.807) is 7.11 Å². The summed E-state index contributed by atoms with van der Waals surface area (Å²) in [7, 11) is 3.66. The Balaban J connectivity index is 2.64. The summed E-state index contributed by atoms with van der Waals surface area (Å²) in [5, 5.41) is 3.05. The van der Waals surface area contributed by atoms with E-state index in [1.165, 1.54) is 5.56 Å². The van der Waals surface area contributed by atoms with Crippen LogP contribution in [0.4, 0.5) is 5.69 Å². The van der Waals surface area contributed by atoms with Gasteiger partial charge in [0.05, 0.1) is 6.04 Å². The Labute approximate surface area is 128 Å². The second-order valence-electron chi connectivity index (χ2n) is 5.73. The minimum absolute atomic E-state index is 0.0306. The summed E-state index contributed by atoms with van der Waals surface area (Å²) >= 11 is 0. The Bertz CT molecular complexity index is 446. The molecule has 0 bridgehead atoms. The number of carbonyl (C=O) groups excluding carboxylic acids is 1. The molecule has 4 nitrogen and oxygen atoms in total. The first-order chi connectivity index (χ1) is 9.97. The molecule has 4 heteroatoms. The number of hydrogen-bond donors (Lipinski definition) is 1. The third kappa shape index (κ3) is 5.48. The first-order valence-corrected chi connectivity index (χ1v) is 7.56. The Morgan fingerprint density at radius 3 is 2.57 bits per heavy atom. The molecule has 0 heterocycles. The van der Waals surface area contributed by atoms with Crippen molar-refractivity contribution in [1.29, 1.82) is 0 Å². The SMILES string of the molecule is COCCCN(C)C(C)C(=O)Nc1ccccc1C(C)C. The number of amides is 1. The van der Waals surface area contributed by atoms with Crippen LogP contribution >= 0.6 is 0 Å². The lowest BCUT2D eigenvalue weighted by molar-refractivity contribution is -0.120. The quantitative estimate of drug-likeness (QED) is 0.749. The van der Waals surface area contributed by atoms with Crippen molar-refractivity contribution in [3.8, 4) is 0 Å². The van der Waals surface area contributed by atoms with Crippen molar-refractivity contribution in [2.75, 3.05) is 32.6 Å². The Hall–Kier alpha value is -1.39. The molecule has 0 aliphatic carbocycles. The fourth-order valence-corrected chi connectivity index (χ4v) is 2.20. The summed E-state index contributed by atoms with van der Waals surface area (Å²) in [6.45, 7) is 7.75. The minimum atomic E-state index is -0.165. The average molecular weight is 292 g/mol. The molecule has 1 atom stereocenters. The van der Waals surface area contributed by atoms with Crippen LogP contribution in [0.15, 0.2) is 24.3 Å². The van der Waals surface area contributed by atoms with Crippen LogP contribution in [0.25, 0.3) is 0 Å². The maximum atomic E-state index is 12.4. The van der Waals surface area contributed by atoms with Crippen LogP contribution in [-0.2, 0) is 9.53 Å². The lowest BCUT2D eigenvalue weighted by atomic mass is 10.0. The van der Waals surface area contributed by atoms with Gasteiger partial charge in [-0.25, -0.2) is 0 Å². The number of hydrogen-bond acceptors (Lipinski definition) is 3. The zero-order valence-electron chi connectivity index (χ0n) is 13.8. The van der Waals surface area contributed by atoms with Crippen LogP contribution in [-0.4, -0.2) is 44.2 Å².